The van der Waals surface area contributed by atoms with Crippen LogP contribution in [0.15, 0.2) is 48.8 Å². The third-order valence-corrected chi connectivity index (χ3v) is 5.16. The van der Waals surface area contributed by atoms with Gasteiger partial charge in [0.1, 0.15) is 0 Å². The largest absolute Gasteiger partial charge is 0.330 e. The van der Waals surface area contributed by atoms with Gasteiger partial charge in [-0.2, -0.15) is 5.26 Å². The topological polar surface area (TPSA) is 60.2 Å². The molecule has 0 radical (unpaired) electrons. The fourth-order valence-electron chi connectivity index (χ4n) is 4.07. The zero-order chi connectivity index (χ0) is 17.2. The van der Waals surface area contributed by atoms with Crippen molar-refractivity contribution in [2.45, 2.75) is 31.5 Å². The van der Waals surface area contributed by atoms with E-state index < -0.39 is 0 Å². The average molecular weight is 332 g/mol. The molecule has 4 rings (SSSR count). The Labute approximate surface area is 147 Å². The zero-order valence-corrected chi connectivity index (χ0v) is 14.0. The molecule has 126 valence electrons. The molecule has 2 bridgehead atoms. The number of hydrogen-bond acceptors (Lipinski definition) is 4. The Balaban J connectivity index is 1.49. The number of amides is 1. The van der Waals surface area contributed by atoms with E-state index in [1.807, 2.05) is 18.3 Å². The average Bonchev–Trinajstić information content (AvgIpc) is 2.92. The van der Waals surface area contributed by atoms with Crippen LogP contribution in [0.3, 0.4) is 0 Å². The number of nitrogens with zero attached hydrogens (tertiary/aromatic N) is 4. The molecule has 2 atom stereocenters. The van der Waals surface area contributed by atoms with E-state index in [0.717, 1.165) is 32.5 Å². The van der Waals surface area contributed by atoms with Crippen LogP contribution in [0, 0.1) is 11.3 Å². The molecule has 2 fully saturated rings. The molecule has 25 heavy (non-hydrogen) atoms. The fourth-order valence-corrected chi connectivity index (χ4v) is 4.07. The highest BCUT2D eigenvalue weighted by molar-refractivity contribution is 5.95. The third kappa shape index (κ3) is 3.13. The molecule has 5 heteroatoms. The van der Waals surface area contributed by atoms with Crippen LogP contribution in [-0.4, -0.2) is 45.9 Å². The van der Waals surface area contributed by atoms with Gasteiger partial charge in [0, 0.05) is 49.7 Å². The molecule has 5 nitrogen and oxygen atoms in total. The molecule has 2 aliphatic heterocycles. The lowest BCUT2D eigenvalue weighted by molar-refractivity contribution is 0.0405. The smallest absolute Gasteiger partial charge is 0.254 e. The van der Waals surface area contributed by atoms with Gasteiger partial charge in [-0.15, -0.1) is 0 Å². The van der Waals surface area contributed by atoms with Gasteiger partial charge in [-0.25, -0.2) is 0 Å². The van der Waals surface area contributed by atoms with Crippen LogP contribution in [0.25, 0.3) is 0 Å². The molecule has 1 aromatic heterocycles. The summed E-state index contributed by atoms with van der Waals surface area (Å²) in [5.74, 6) is 0.0608. The summed E-state index contributed by atoms with van der Waals surface area (Å²) in [5, 5.41) is 9.06. The molecule has 2 aromatic rings. The fraction of sp³-hybridized carbons (Fsp3) is 0.350. The van der Waals surface area contributed by atoms with Gasteiger partial charge in [-0.1, -0.05) is 12.1 Å². The molecule has 0 N–H and O–H groups in total. The highest BCUT2D eigenvalue weighted by atomic mass is 16.2. The Hall–Kier alpha value is -2.71. The number of nitriles is 1. The minimum Gasteiger partial charge on any atom is -0.330 e. The number of carbonyl (C=O) groups is 1. The molecule has 0 aliphatic carbocycles. The molecule has 3 heterocycles. The van der Waals surface area contributed by atoms with E-state index in [1.54, 1.807) is 24.4 Å². The third-order valence-electron chi connectivity index (χ3n) is 5.16. The Morgan fingerprint density at radius 3 is 2.68 bits per heavy atom. The zero-order valence-electron chi connectivity index (χ0n) is 14.0. The van der Waals surface area contributed by atoms with Crippen LogP contribution in [0.2, 0.25) is 0 Å². The molecule has 0 spiro atoms. The lowest BCUT2D eigenvalue weighted by Gasteiger charge is -2.41. The summed E-state index contributed by atoms with van der Waals surface area (Å²) in [4.78, 5) is 21.6. The number of aromatic nitrogens is 1. The Morgan fingerprint density at radius 1 is 1.20 bits per heavy atom. The molecule has 0 saturated carbocycles. The standard InChI is InChI=1S/C20H20N4O/c21-10-15-3-1-5-17(9-15)20(25)24-18-6-7-19(24)14-23(13-18)12-16-4-2-8-22-11-16/h1-5,8-9,11,18-19H,6-7,12-14H2. The van der Waals surface area contributed by atoms with Crippen LogP contribution >= 0.6 is 0 Å². The summed E-state index contributed by atoms with van der Waals surface area (Å²) in [5.41, 5.74) is 2.37. The summed E-state index contributed by atoms with van der Waals surface area (Å²) in [6.07, 6.45) is 5.81. The monoisotopic (exact) mass is 332 g/mol. The number of fused-ring (bicyclic) bond motifs is 2. The van der Waals surface area contributed by atoms with Gasteiger partial charge in [0.2, 0.25) is 0 Å². The van der Waals surface area contributed by atoms with Crippen molar-refractivity contribution in [1.82, 2.24) is 14.8 Å². The van der Waals surface area contributed by atoms with Crippen LogP contribution in [-0.2, 0) is 6.54 Å². The number of piperazine rings is 1. The van der Waals surface area contributed by atoms with Gasteiger partial charge in [0.05, 0.1) is 11.6 Å². The number of carbonyl (C=O) groups excluding carboxylic acids is 1. The lowest BCUT2D eigenvalue weighted by Crippen LogP contribution is -2.55. The van der Waals surface area contributed by atoms with Crippen LogP contribution in [0.1, 0.15) is 34.3 Å². The molecule has 1 aromatic carbocycles. The summed E-state index contributed by atoms with van der Waals surface area (Å²) >= 11 is 0. The van der Waals surface area contributed by atoms with Gasteiger partial charge in [0.25, 0.3) is 5.91 Å². The van der Waals surface area contributed by atoms with E-state index in [-0.39, 0.29) is 18.0 Å². The van der Waals surface area contributed by atoms with Gasteiger partial charge in [0.15, 0.2) is 0 Å². The van der Waals surface area contributed by atoms with Crippen molar-refractivity contribution in [3.8, 4) is 6.07 Å². The highest BCUT2D eigenvalue weighted by Crippen LogP contribution is 2.32. The maximum Gasteiger partial charge on any atom is 0.254 e. The van der Waals surface area contributed by atoms with E-state index in [4.69, 9.17) is 5.26 Å². The van der Waals surface area contributed by atoms with Gasteiger partial charge in [-0.05, 0) is 42.7 Å². The predicted octanol–water partition coefficient (Wildman–Crippen LogP) is 2.44. The van der Waals surface area contributed by atoms with E-state index >= 15 is 0 Å². The molecule has 1 amide bonds. The van der Waals surface area contributed by atoms with Crippen LogP contribution < -0.4 is 0 Å². The first-order valence-electron chi connectivity index (χ1n) is 8.68. The normalized spacial score (nSPS) is 22.6. The molecule has 2 unspecified atom stereocenters. The minimum absolute atomic E-state index is 0.0608. The summed E-state index contributed by atoms with van der Waals surface area (Å²) < 4.78 is 0. The second-order valence-electron chi connectivity index (χ2n) is 6.85. The van der Waals surface area contributed by atoms with Gasteiger partial charge < -0.3 is 4.90 Å². The number of rotatable bonds is 3. The van der Waals surface area contributed by atoms with E-state index in [9.17, 15) is 4.79 Å². The van der Waals surface area contributed by atoms with Crippen molar-refractivity contribution in [3.63, 3.8) is 0 Å². The van der Waals surface area contributed by atoms with E-state index in [2.05, 4.69) is 26.9 Å². The number of hydrogen-bond donors (Lipinski definition) is 0. The second-order valence-corrected chi connectivity index (χ2v) is 6.85. The van der Waals surface area contributed by atoms with Crippen molar-refractivity contribution < 1.29 is 4.79 Å². The molecule has 2 aliphatic rings. The Kier molecular flexibility index (Phi) is 4.21. The highest BCUT2D eigenvalue weighted by Gasteiger charge is 2.42. The van der Waals surface area contributed by atoms with Crippen molar-refractivity contribution in [3.05, 3.63) is 65.5 Å². The van der Waals surface area contributed by atoms with Crippen molar-refractivity contribution in [1.29, 1.82) is 5.26 Å². The van der Waals surface area contributed by atoms with Crippen molar-refractivity contribution in [2.75, 3.05) is 13.1 Å². The van der Waals surface area contributed by atoms with Crippen molar-refractivity contribution >= 4 is 5.91 Å². The predicted molar refractivity (Wildman–Crippen MR) is 93.7 cm³/mol. The summed E-state index contributed by atoms with van der Waals surface area (Å²) in [7, 11) is 0. The summed E-state index contributed by atoms with van der Waals surface area (Å²) in [6, 6.07) is 13.7. The number of likely N-dealkylation sites (tertiary alicyclic amines) is 1. The van der Waals surface area contributed by atoms with Gasteiger partial charge in [-0.3, -0.25) is 14.7 Å². The lowest BCUT2D eigenvalue weighted by atomic mass is 10.1. The van der Waals surface area contributed by atoms with Gasteiger partial charge >= 0.3 is 0 Å². The first-order valence-corrected chi connectivity index (χ1v) is 8.68. The minimum atomic E-state index is 0.0608. The van der Waals surface area contributed by atoms with E-state index in [1.165, 1.54) is 5.56 Å². The van der Waals surface area contributed by atoms with Crippen LogP contribution in [0.5, 0.6) is 0 Å². The number of benzene rings is 1. The molecule has 2 saturated heterocycles. The molecular formula is C20H20N4O. The number of pyridine rings is 1. The Bertz CT molecular complexity index is 800. The van der Waals surface area contributed by atoms with E-state index in [0.29, 0.717) is 11.1 Å². The Morgan fingerprint density at radius 2 is 2.00 bits per heavy atom. The van der Waals surface area contributed by atoms with Crippen LogP contribution in [0.4, 0.5) is 0 Å². The maximum absolute atomic E-state index is 13.0. The first-order chi connectivity index (χ1) is 12.2. The van der Waals surface area contributed by atoms with Crippen molar-refractivity contribution in [2.24, 2.45) is 0 Å². The maximum atomic E-state index is 13.0. The SMILES string of the molecule is N#Cc1cccc(C(=O)N2C3CCC2CN(Cc2cccnc2)C3)c1. The quantitative estimate of drug-likeness (QED) is 0.866. The second kappa shape index (κ2) is 6.66. The first kappa shape index (κ1) is 15.8. The summed E-state index contributed by atoms with van der Waals surface area (Å²) in [6.45, 7) is 2.68. The molecular weight excluding hydrogens is 312 g/mol.